The van der Waals surface area contributed by atoms with Gasteiger partial charge in [-0.15, -0.1) is 0 Å². The van der Waals surface area contributed by atoms with Gasteiger partial charge >= 0.3 is 0 Å². The fourth-order valence-corrected chi connectivity index (χ4v) is 4.32. The molecule has 2 aromatic rings. The maximum Gasteiger partial charge on any atom is 0.227 e. The van der Waals surface area contributed by atoms with Gasteiger partial charge in [-0.1, -0.05) is 0 Å². The van der Waals surface area contributed by atoms with Crippen molar-refractivity contribution >= 4 is 17.6 Å². The van der Waals surface area contributed by atoms with Crippen LogP contribution in [0.1, 0.15) is 37.3 Å². The molecule has 0 atom stereocenters. The highest BCUT2D eigenvalue weighted by Crippen LogP contribution is 2.52. The molecule has 0 unspecified atom stereocenters. The summed E-state index contributed by atoms with van der Waals surface area (Å²) in [5.74, 6) is 3.03. The van der Waals surface area contributed by atoms with Crippen molar-refractivity contribution < 1.29 is 0 Å². The molecule has 0 spiro atoms. The molecule has 4 aliphatic rings. The first kappa shape index (κ1) is 15.0. The number of anilines is 3. The minimum atomic E-state index is 0.415. The molecular weight excluding hydrogens is 314 g/mol. The van der Waals surface area contributed by atoms with E-state index in [2.05, 4.69) is 30.5 Å². The molecule has 2 saturated carbocycles. The van der Waals surface area contributed by atoms with Crippen LogP contribution < -0.4 is 15.5 Å². The third-order valence-electron chi connectivity index (χ3n) is 5.68. The van der Waals surface area contributed by atoms with Gasteiger partial charge in [-0.25, -0.2) is 15.0 Å². The van der Waals surface area contributed by atoms with Crippen molar-refractivity contribution in [2.24, 2.45) is 5.41 Å². The zero-order valence-corrected chi connectivity index (χ0v) is 14.4. The van der Waals surface area contributed by atoms with Crippen LogP contribution in [0.5, 0.6) is 0 Å². The monoisotopic (exact) mass is 337 g/mol. The molecular formula is C18H23N7. The van der Waals surface area contributed by atoms with Gasteiger partial charge in [-0.2, -0.15) is 4.98 Å². The summed E-state index contributed by atoms with van der Waals surface area (Å²) in [6, 6.07) is 4.52. The number of fused-ring (bicyclic) bond motifs is 1. The minimum absolute atomic E-state index is 0.415. The maximum absolute atomic E-state index is 4.73. The molecule has 0 amide bonds. The Morgan fingerprint density at radius 2 is 2.08 bits per heavy atom. The quantitative estimate of drug-likeness (QED) is 0.835. The Morgan fingerprint density at radius 3 is 2.88 bits per heavy atom. The lowest BCUT2D eigenvalue weighted by molar-refractivity contribution is 0.196. The SMILES string of the molecule is CNCC12CC(C1)N(c1nccc(Nc3cc(C4CC4)ncn3)n1)C2. The van der Waals surface area contributed by atoms with Crippen molar-refractivity contribution in [3.05, 3.63) is 30.4 Å². The number of nitrogens with one attached hydrogen (secondary N) is 2. The summed E-state index contributed by atoms with van der Waals surface area (Å²) in [7, 11) is 2.03. The van der Waals surface area contributed by atoms with Gasteiger partial charge in [-0.3, -0.25) is 0 Å². The average Bonchev–Trinajstić information content (AvgIpc) is 3.30. The smallest absolute Gasteiger partial charge is 0.227 e. The van der Waals surface area contributed by atoms with Crippen LogP contribution in [0.15, 0.2) is 24.7 Å². The molecule has 2 N–H and O–H groups in total. The van der Waals surface area contributed by atoms with E-state index in [0.717, 1.165) is 36.4 Å². The molecule has 7 nitrogen and oxygen atoms in total. The van der Waals surface area contributed by atoms with E-state index in [1.807, 2.05) is 25.4 Å². The second-order valence-electron chi connectivity index (χ2n) is 7.69. The second kappa shape index (κ2) is 5.62. The van der Waals surface area contributed by atoms with Gasteiger partial charge in [0.05, 0.1) is 0 Å². The van der Waals surface area contributed by atoms with Crippen molar-refractivity contribution in [3.63, 3.8) is 0 Å². The number of aromatic nitrogens is 4. The van der Waals surface area contributed by atoms with E-state index in [9.17, 15) is 0 Å². The zero-order chi connectivity index (χ0) is 16.9. The second-order valence-corrected chi connectivity index (χ2v) is 7.69. The topological polar surface area (TPSA) is 78.9 Å². The first-order valence-electron chi connectivity index (χ1n) is 9.08. The highest BCUT2D eigenvalue weighted by Gasteiger charge is 2.55. The van der Waals surface area contributed by atoms with Gasteiger partial charge in [0, 0.05) is 48.4 Å². The Bertz CT molecular complexity index is 782. The van der Waals surface area contributed by atoms with Crippen LogP contribution in [0.2, 0.25) is 0 Å². The molecule has 0 aromatic carbocycles. The molecule has 2 aliphatic heterocycles. The molecule has 7 heteroatoms. The molecule has 2 bridgehead atoms. The van der Waals surface area contributed by atoms with Gasteiger partial charge in [0.15, 0.2) is 0 Å². The predicted molar refractivity (Wildman–Crippen MR) is 96.0 cm³/mol. The summed E-state index contributed by atoms with van der Waals surface area (Å²) in [4.78, 5) is 20.3. The maximum atomic E-state index is 4.73. The van der Waals surface area contributed by atoms with Crippen LogP contribution in [0, 0.1) is 5.41 Å². The standard InChI is InChI=1S/C18H23N7/c1-19-9-18-7-13(8-18)25(10-18)17-20-5-4-15(24-17)23-16-6-14(12-2-3-12)21-11-22-16/h4-6,11-13,19H,2-3,7-10H2,1H3,(H,20,21,22,23,24). The Balaban J connectivity index is 1.33. The minimum Gasteiger partial charge on any atom is -0.337 e. The normalized spacial score (nSPS) is 27.2. The molecule has 2 aromatic heterocycles. The molecule has 2 aliphatic carbocycles. The van der Waals surface area contributed by atoms with Crippen LogP contribution in [0.4, 0.5) is 17.6 Å². The van der Waals surface area contributed by atoms with E-state index in [1.54, 1.807) is 6.33 Å². The molecule has 4 fully saturated rings. The summed E-state index contributed by atoms with van der Waals surface area (Å²) < 4.78 is 0. The van der Waals surface area contributed by atoms with Gasteiger partial charge in [-0.05, 0) is 38.8 Å². The van der Waals surface area contributed by atoms with E-state index < -0.39 is 0 Å². The fourth-order valence-electron chi connectivity index (χ4n) is 4.32. The van der Waals surface area contributed by atoms with Crippen molar-refractivity contribution in [1.29, 1.82) is 0 Å². The summed E-state index contributed by atoms with van der Waals surface area (Å²) in [6.45, 7) is 2.12. The molecule has 6 rings (SSSR count). The van der Waals surface area contributed by atoms with Gasteiger partial charge < -0.3 is 15.5 Å². The van der Waals surface area contributed by atoms with E-state index >= 15 is 0 Å². The van der Waals surface area contributed by atoms with E-state index in [-0.39, 0.29) is 0 Å². The fraction of sp³-hybridized carbons (Fsp3) is 0.556. The van der Waals surface area contributed by atoms with Crippen LogP contribution >= 0.6 is 0 Å². The molecule has 25 heavy (non-hydrogen) atoms. The molecule has 2 saturated heterocycles. The van der Waals surface area contributed by atoms with Gasteiger partial charge in [0.25, 0.3) is 0 Å². The molecule has 4 heterocycles. The largest absolute Gasteiger partial charge is 0.337 e. The van der Waals surface area contributed by atoms with E-state index in [1.165, 1.54) is 25.7 Å². The molecule has 0 radical (unpaired) electrons. The zero-order valence-electron chi connectivity index (χ0n) is 14.4. The predicted octanol–water partition coefficient (Wildman–Crippen LogP) is 2.08. The number of hydrogen-bond donors (Lipinski definition) is 2. The van der Waals surface area contributed by atoms with Crippen LogP contribution in [0.3, 0.4) is 0 Å². The van der Waals surface area contributed by atoms with Gasteiger partial charge in [0.2, 0.25) is 5.95 Å². The third-order valence-corrected chi connectivity index (χ3v) is 5.68. The van der Waals surface area contributed by atoms with Crippen molar-refractivity contribution in [2.45, 2.75) is 37.6 Å². The van der Waals surface area contributed by atoms with Crippen LogP contribution in [-0.2, 0) is 0 Å². The Kier molecular flexibility index (Phi) is 3.38. The van der Waals surface area contributed by atoms with Crippen LogP contribution in [0.25, 0.3) is 0 Å². The highest BCUT2D eigenvalue weighted by atomic mass is 15.3. The van der Waals surface area contributed by atoms with E-state index in [0.29, 0.717) is 17.4 Å². The van der Waals surface area contributed by atoms with Crippen molar-refractivity contribution in [2.75, 3.05) is 30.4 Å². The average molecular weight is 337 g/mol. The summed E-state index contributed by atoms with van der Waals surface area (Å²) in [5, 5.41) is 6.64. The highest BCUT2D eigenvalue weighted by molar-refractivity contribution is 5.54. The third kappa shape index (κ3) is 2.72. The lowest BCUT2D eigenvalue weighted by atomic mass is 9.70. The lowest BCUT2D eigenvalue weighted by Gasteiger charge is -2.36. The Labute approximate surface area is 147 Å². The first-order chi connectivity index (χ1) is 12.2. The van der Waals surface area contributed by atoms with Crippen molar-refractivity contribution in [1.82, 2.24) is 25.3 Å². The lowest BCUT2D eigenvalue weighted by Crippen LogP contribution is -2.41. The van der Waals surface area contributed by atoms with E-state index in [4.69, 9.17) is 4.98 Å². The number of hydrogen-bond acceptors (Lipinski definition) is 7. The first-order valence-corrected chi connectivity index (χ1v) is 9.08. The van der Waals surface area contributed by atoms with Crippen molar-refractivity contribution in [3.8, 4) is 0 Å². The number of nitrogens with zero attached hydrogens (tertiary/aromatic N) is 5. The van der Waals surface area contributed by atoms with Crippen LogP contribution in [-0.4, -0.2) is 46.1 Å². The Hall–Kier alpha value is -2.28. The summed E-state index contributed by atoms with van der Waals surface area (Å²) >= 11 is 0. The number of rotatable bonds is 6. The Morgan fingerprint density at radius 1 is 1.20 bits per heavy atom. The summed E-state index contributed by atoms with van der Waals surface area (Å²) in [6.07, 6.45) is 8.41. The summed E-state index contributed by atoms with van der Waals surface area (Å²) in [5.41, 5.74) is 1.54. The molecule has 130 valence electrons. The van der Waals surface area contributed by atoms with Gasteiger partial charge in [0.1, 0.15) is 18.0 Å².